The van der Waals surface area contributed by atoms with Gasteiger partial charge in [-0.05, 0) is 30.7 Å². The fourth-order valence-electron chi connectivity index (χ4n) is 1.80. The van der Waals surface area contributed by atoms with E-state index < -0.39 is 0 Å². The lowest BCUT2D eigenvalue weighted by Crippen LogP contribution is -2.04. The number of para-hydroxylation sites is 1. The third kappa shape index (κ3) is 3.98. The predicted octanol–water partition coefficient (Wildman–Crippen LogP) is 4.23. The minimum atomic E-state index is -0.236. The summed E-state index contributed by atoms with van der Waals surface area (Å²) in [6, 6.07) is 14.3. The third-order valence-electron chi connectivity index (χ3n) is 2.74. The van der Waals surface area contributed by atoms with Gasteiger partial charge < -0.3 is 10.1 Å². The monoisotopic (exact) mass is 259 g/mol. The SMILES string of the molecule is CCCOc1ccccc1CNc1cccc(F)c1. The molecule has 0 heterocycles. The second-order valence-corrected chi connectivity index (χ2v) is 4.32. The molecule has 1 N–H and O–H groups in total. The first-order chi connectivity index (χ1) is 9.29. The van der Waals surface area contributed by atoms with Crippen molar-refractivity contribution < 1.29 is 9.13 Å². The molecule has 2 rings (SSSR count). The van der Waals surface area contributed by atoms with Gasteiger partial charge in [-0.3, -0.25) is 0 Å². The Kier molecular flexibility index (Phi) is 4.78. The molecule has 100 valence electrons. The van der Waals surface area contributed by atoms with Gasteiger partial charge in [0.2, 0.25) is 0 Å². The van der Waals surface area contributed by atoms with E-state index in [1.54, 1.807) is 6.07 Å². The standard InChI is InChI=1S/C16H18FNO/c1-2-10-19-16-9-4-3-6-13(16)12-18-15-8-5-7-14(17)11-15/h3-9,11,18H,2,10,12H2,1H3. The number of nitrogens with one attached hydrogen (secondary N) is 1. The molecule has 0 spiro atoms. The summed E-state index contributed by atoms with van der Waals surface area (Å²) in [7, 11) is 0. The van der Waals surface area contributed by atoms with Crippen LogP contribution in [0.2, 0.25) is 0 Å². The minimum Gasteiger partial charge on any atom is -0.493 e. The molecule has 0 aliphatic heterocycles. The van der Waals surface area contributed by atoms with Gasteiger partial charge in [-0.15, -0.1) is 0 Å². The Balaban J connectivity index is 2.02. The first-order valence-electron chi connectivity index (χ1n) is 6.49. The maximum absolute atomic E-state index is 13.1. The molecule has 0 aliphatic carbocycles. The first-order valence-corrected chi connectivity index (χ1v) is 6.49. The molecule has 2 nitrogen and oxygen atoms in total. The molecule has 0 aliphatic rings. The summed E-state index contributed by atoms with van der Waals surface area (Å²) in [6.45, 7) is 3.40. The maximum atomic E-state index is 13.1. The van der Waals surface area contributed by atoms with E-state index in [0.29, 0.717) is 13.2 Å². The van der Waals surface area contributed by atoms with E-state index in [4.69, 9.17) is 4.74 Å². The van der Waals surface area contributed by atoms with Crippen LogP contribution < -0.4 is 10.1 Å². The van der Waals surface area contributed by atoms with Crippen LogP contribution in [0.3, 0.4) is 0 Å². The number of hydrogen-bond donors (Lipinski definition) is 1. The smallest absolute Gasteiger partial charge is 0.125 e. The molecule has 0 fully saturated rings. The molecule has 0 saturated heterocycles. The number of anilines is 1. The average Bonchev–Trinajstić information content (AvgIpc) is 2.44. The second kappa shape index (κ2) is 6.78. The number of hydrogen-bond acceptors (Lipinski definition) is 2. The van der Waals surface area contributed by atoms with Gasteiger partial charge in [0.25, 0.3) is 0 Å². The van der Waals surface area contributed by atoms with E-state index in [2.05, 4.69) is 12.2 Å². The van der Waals surface area contributed by atoms with Crippen LogP contribution in [0.5, 0.6) is 5.75 Å². The van der Waals surface area contributed by atoms with Crippen molar-refractivity contribution in [3.63, 3.8) is 0 Å². The molecule has 0 radical (unpaired) electrons. The number of halogens is 1. The molecule has 19 heavy (non-hydrogen) atoms. The summed E-state index contributed by atoms with van der Waals surface area (Å²) in [5.41, 5.74) is 1.84. The number of ether oxygens (including phenoxy) is 1. The van der Waals surface area contributed by atoms with Crippen molar-refractivity contribution in [2.45, 2.75) is 19.9 Å². The van der Waals surface area contributed by atoms with Gasteiger partial charge in [0.05, 0.1) is 6.61 Å². The summed E-state index contributed by atoms with van der Waals surface area (Å²) >= 11 is 0. The van der Waals surface area contributed by atoms with E-state index in [-0.39, 0.29) is 5.82 Å². The zero-order valence-corrected chi connectivity index (χ0v) is 11.0. The van der Waals surface area contributed by atoms with Gasteiger partial charge in [-0.1, -0.05) is 31.2 Å². The van der Waals surface area contributed by atoms with Crippen LogP contribution in [0.15, 0.2) is 48.5 Å². The summed E-state index contributed by atoms with van der Waals surface area (Å²) in [5.74, 6) is 0.647. The largest absolute Gasteiger partial charge is 0.493 e. The quantitative estimate of drug-likeness (QED) is 0.838. The lowest BCUT2D eigenvalue weighted by Gasteiger charge is -2.12. The van der Waals surface area contributed by atoms with Gasteiger partial charge in [0, 0.05) is 17.8 Å². The lowest BCUT2D eigenvalue weighted by molar-refractivity contribution is 0.314. The molecule has 0 saturated carbocycles. The Morgan fingerprint density at radius 2 is 1.95 bits per heavy atom. The van der Waals surface area contributed by atoms with Crippen LogP contribution in [-0.2, 0) is 6.54 Å². The Labute approximate surface area is 113 Å². The molecular formula is C16H18FNO. The van der Waals surface area contributed by atoms with Crippen LogP contribution in [0.25, 0.3) is 0 Å². The molecule has 0 amide bonds. The van der Waals surface area contributed by atoms with Crippen molar-refractivity contribution in [2.75, 3.05) is 11.9 Å². The summed E-state index contributed by atoms with van der Waals surface area (Å²) in [6.07, 6.45) is 0.978. The van der Waals surface area contributed by atoms with Gasteiger partial charge in [0.15, 0.2) is 0 Å². The molecular weight excluding hydrogens is 241 g/mol. The number of benzene rings is 2. The molecule has 0 aromatic heterocycles. The van der Waals surface area contributed by atoms with Crippen LogP contribution in [0, 0.1) is 5.82 Å². The fourth-order valence-corrected chi connectivity index (χ4v) is 1.80. The molecule has 2 aromatic carbocycles. The van der Waals surface area contributed by atoms with E-state index in [9.17, 15) is 4.39 Å². The van der Waals surface area contributed by atoms with Crippen molar-refractivity contribution in [2.24, 2.45) is 0 Å². The van der Waals surface area contributed by atoms with E-state index in [1.807, 2.05) is 30.3 Å². The Hall–Kier alpha value is -2.03. The molecule has 0 atom stereocenters. The zero-order chi connectivity index (χ0) is 13.5. The predicted molar refractivity (Wildman–Crippen MR) is 76.0 cm³/mol. The molecule has 0 unspecified atom stereocenters. The first kappa shape index (κ1) is 13.4. The van der Waals surface area contributed by atoms with E-state index in [1.165, 1.54) is 12.1 Å². The highest BCUT2D eigenvalue weighted by Crippen LogP contribution is 2.20. The van der Waals surface area contributed by atoms with Crippen molar-refractivity contribution in [1.82, 2.24) is 0 Å². The topological polar surface area (TPSA) is 21.3 Å². The van der Waals surface area contributed by atoms with Gasteiger partial charge in [-0.2, -0.15) is 0 Å². The second-order valence-electron chi connectivity index (χ2n) is 4.32. The van der Waals surface area contributed by atoms with E-state index in [0.717, 1.165) is 23.4 Å². The van der Waals surface area contributed by atoms with Crippen LogP contribution in [-0.4, -0.2) is 6.61 Å². The van der Waals surface area contributed by atoms with Crippen molar-refractivity contribution >= 4 is 5.69 Å². The lowest BCUT2D eigenvalue weighted by atomic mass is 10.2. The van der Waals surface area contributed by atoms with Crippen LogP contribution in [0.1, 0.15) is 18.9 Å². The van der Waals surface area contributed by atoms with Crippen molar-refractivity contribution in [3.8, 4) is 5.75 Å². The normalized spacial score (nSPS) is 10.2. The molecule has 0 bridgehead atoms. The average molecular weight is 259 g/mol. The summed E-state index contributed by atoms with van der Waals surface area (Å²) in [4.78, 5) is 0. The number of rotatable bonds is 6. The Bertz CT molecular complexity index is 528. The highest BCUT2D eigenvalue weighted by atomic mass is 19.1. The van der Waals surface area contributed by atoms with Gasteiger partial charge >= 0.3 is 0 Å². The summed E-state index contributed by atoms with van der Waals surface area (Å²) in [5, 5.41) is 3.20. The van der Waals surface area contributed by atoms with E-state index >= 15 is 0 Å². The van der Waals surface area contributed by atoms with Crippen LogP contribution in [0.4, 0.5) is 10.1 Å². The molecule has 3 heteroatoms. The highest BCUT2D eigenvalue weighted by molar-refractivity contribution is 5.45. The van der Waals surface area contributed by atoms with Gasteiger partial charge in [0.1, 0.15) is 11.6 Å². The fraction of sp³-hybridized carbons (Fsp3) is 0.250. The van der Waals surface area contributed by atoms with Crippen molar-refractivity contribution in [1.29, 1.82) is 0 Å². The minimum absolute atomic E-state index is 0.236. The maximum Gasteiger partial charge on any atom is 0.125 e. The highest BCUT2D eigenvalue weighted by Gasteiger charge is 2.02. The molecule has 2 aromatic rings. The Morgan fingerprint density at radius 1 is 1.11 bits per heavy atom. The Morgan fingerprint density at radius 3 is 2.74 bits per heavy atom. The third-order valence-corrected chi connectivity index (χ3v) is 2.74. The van der Waals surface area contributed by atoms with Gasteiger partial charge in [-0.25, -0.2) is 4.39 Å². The van der Waals surface area contributed by atoms with Crippen LogP contribution >= 0.6 is 0 Å². The van der Waals surface area contributed by atoms with Crippen molar-refractivity contribution in [3.05, 3.63) is 59.9 Å². The zero-order valence-electron chi connectivity index (χ0n) is 11.0. The summed E-state index contributed by atoms with van der Waals surface area (Å²) < 4.78 is 18.8.